The lowest BCUT2D eigenvalue weighted by Gasteiger charge is -2.22. The zero-order valence-corrected chi connectivity index (χ0v) is 15.9. The molecule has 3 aromatic rings. The van der Waals surface area contributed by atoms with Crippen LogP contribution in [0, 0.1) is 0 Å². The number of nitrogens with zero attached hydrogens (tertiary/aromatic N) is 1. The topological polar surface area (TPSA) is 49.4 Å². The lowest BCUT2D eigenvalue weighted by atomic mass is 9.90. The average molecular weight is 372 g/mol. The number of carbonyl (C=O) groups excluding carboxylic acids is 2. The van der Waals surface area contributed by atoms with E-state index in [2.05, 4.69) is 5.32 Å². The van der Waals surface area contributed by atoms with E-state index in [9.17, 15) is 9.59 Å². The number of para-hydroxylation sites is 1. The first-order valence-electron chi connectivity index (χ1n) is 9.43. The third kappa shape index (κ3) is 4.65. The summed E-state index contributed by atoms with van der Waals surface area (Å²) in [6.45, 7) is 2.42. The molecular formula is C24H24N2O2. The van der Waals surface area contributed by atoms with Gasteiger partial charge in [0.25, 0.3) is 0 Å². The molecule has 0 saturated carbocycles. The normalized spacial score (nSPS) is 10.5. The summed E-state index contributed by atoms with van der Waals surface area (Å²) in [6, 6.07) is 28.7. The SMILES string of the molecule is CCN(C(=O)CNC(=O)C(c1ccccc1)c1ccccc1)c1ccccc1. The van der Waals surface area contributed by atoms with Crippen molar-refractivity contribution in [3.05, 3.63) is 102 Å². The maximum Gasteiger partial charge on any atom is 0.246 e. The van der Waals surface area contributed by atoms with Gasteiger partial charge in [-0.25, -0.2) is 0 Å². The minimum Gasteiger partial charge on any atom is -0.346 e. The van der Waals surface area contributed by atoms with Gasteiger partial charge in [-0.3, -0.25) is 9.59 Å². The summed E-state index contributed by atoms with van der Waals surface area (Å²) in [7, 11) is 0. The van der Waals surface area contributed by atoms with Crippen LogP contribution in [0.5, 0.6) is 0 Å². The molecule has 0 aliphatic carbocycles. The molecule has 0 spiro atoms. The number of nitrogens with one attached hydrogen (secondary N) is 1. The largest absolute Gasteiger partial charge is 0.346 e. The Morgan fingerprint density at radius 2 is 1.25 bits per heavy atom. The maximum absolute atomic E-state index is 13.0. The molecule has 0 aliphatic rings. The van der Waals surface area contributed by atoms with Crippen molar-refractivity contribution in [2.45, 2.75) is 12.8 Å². The van der Waals surface area contributed by atoms with Gasteiger partial charge in [0, 0.05) is 12.2 Å². The van der Waals surface area contributed by atoms with Crippen LogP contribution in [0.3, 0.4) is 0 Å². The van der Waals surface area contributed by atoms with Gasteiger partial charge in [0.2, 0.25) is 11.8 Å². The smallest absolute Gasteiger partial charge is 0.246 e. The van der Waals surface area contributed by atoms with Crippen molar-refractivity contribution >= 4 is 17.5 Å². The summed E-state index contributed by atoms with van der Waals surface area (Å²) in [5.41, 5.74) is 2.62. The van der Waals surface area contributed by atoms with Gasteiger partial charge in [-0.2, -0.15) is 0 Å². The van der Waals surface area contributed by atoms with E-state index in [1.165, 1.54) is 0 Å². The number of carbonyl (C=O) groups is 2. The minimum absolute atomic E-state index is 0.0439. The molecule has 0 aliphatic heterocycles. The Bertz CT molecular complexity index is 856. The van der Waals surface area contributed by atoms with E-state index in [0.29, 0.717) is 6.54 Å². The quantitative estimate of drug-likeness (QED) is 0.682. The molecule has 1 N–H and O–H groups in total. The Morgan fingerprint density at radius 1 is 0.786 bits per heavy atom. The van der Waals surface area contributed by atoms with Gasteiger partial charge < -0.3 is 10.2 Å². The second-order valence-corrected chi connectivity index (χ2v) is 6.45. The first-order chi connectivity index (χ1) is 13.7. The molecular weight excluding hydrogens is 348 g/mol. The first-order valence-corrected chi connectivity index (χ1v) is 9.43. The highest BCUT2D eigenvalue weighted by Crippen LogP contribution is 2.24. The van der Waals surface area contributed by atoms with Crippen LogP contribution in [0.1, 0.15) is 24.0 Å². The molecule has 0 bridgehead atoms. The molecule has 3 aromatic carbocycles. The number of rotatable bonds is 7. The van der Waals surface area contributed by atoms with Crippen LogP contribution in [0.15, 0.2) is 91.0 Å². The molecule has 142 valence electrons. The van der Waals surface area contributed by atoms with Gasteiger partial charge in [0.1, 0.15) is 0 Å². The molecule has 0 unspecified atom stereocenters. The van der Waals surface area contributed by atoms with E-state index < -0.39 is 5.92 Å². The summed E-state index contributed by atoms with van der Waals surface area (Å²) >= 11 is 0. The minimum atomic E-state index is -0.456. The Kier molecular flexibility index (Phi) is 6.58. The van der Waals surface area contributed by atoms with Gasteiger partial charge in [-0.1, -0.05) is 78.9 Å². The van der Waals surface area contributed by atoms with E-state index in [1.807, 2.05) is 97.9 Å². The zero-order chi connectivity index (χ0) is 19.8. The molecule has 0 fully saturated rings. The second kappa shape index (κ2) is 9.51. The monoisotopic (exact) mass is 372 g/mol. The fraction of sp³-hybridized carbons (Fsp3) is 0.167. The van der Waals surface area contributed by atoms with Crippen LogP contribution in [0.4, 0.5) is 5.69 Å². The molecule has 3 rings (SSSR count). The van der Waals surface area contributed by atoms with Gasteiger partial charge in [-0.05, 0) is 30.2 Å². The van der Waals surface area contributed by atoms with Crippen LogP contribution in [0.25, 0.3) is 0 Å². The Balaban J connectivity index is 1.74. The van der Waals surface area contributed by atoms with Crippen LogP contribution in [0.2, 0.25) is 0 Å². The molecule has 28 heavy (non-hydrogen) atoms. The van der Waals surface area contributed by atoms with Gasteiger partial charge in [0.15, 0.2) is 0 Å². The van der Waals surface area contributed by atoms with Crippen molar-refractivity contribution in [2.24, 2.45) is 0 Å². The molecule has 2 amide bonds. The molecule has 0 radical (unpaired) electrons. The lowest BCUT2D eigenvalue weighted by Crippen LogP contribution is -2.41. The predicted octanol–water partition coefficient (Wildman–Crippen LogP) is 3.99. The Hall–Kier alpha value is -3.40. The third-order valence-corrected chi connectivity index (χ3v) is 4.63. The lowest BCUT2D eigenvalue weighted by molar-refractivity contribution is -0.125. The van der Waals surface area contributed by atoms with Crippen LogP contribution < -0.4 is 10.2 Å². The fourth-order valence-electron chi connectivity index (χ4n) is 3.26. The summed E-state index contributed by atoms with van der Waals surface area (Å²) in [6.07, 6.45) is 0. The van der Waals surface area contributed by atoms with E-state index in [0.717, 1.165) is 16.8 Å². The van der Waals surface area contributed by atoms with Crippen molar-refractivity contribution in [3.63, 3.8) is 0 Å². The first kappa shape index (κ1) is 19.4. The van der Waals surface area contributed by atoms with Crippen molar-refractivity contribution < 1.29 is 9.59 Å². The van der Waals surface area contributed by atoms with Crippen LogP contribution in [-0.2, 0) is 9.59 Å². The van der Waals surface area contributed by atoms with Gasteiger partial charge in [0.05, 0.1) is 12.5 Å². The second-order valence-electron chi connectivity index (χ2n) is 6.45. The highest BCUT2D eigenvalue weighted by atomic mass is 16.2. The Labute approximate surface area is 165 Å². The van der Waals surface area contributed by atoms with Crippen molar-refractivity contribution in [3.8, 4) is 0 Å². The number of hydrogen-bond acceptors (Lipinski definition) is 2. The highest BCUT2D eigenvalue weighted by Gasteiger charge is 2.23. The summed E-state index contributed by atoms with van der Waals surface area (Å²) in [5, 5.41) is 2.83. The number of amides is 2. The molecule has 0 saturated heterocycles. The third-order valence-electron chi connectivity index (χ3n) is 4.63. The molecule has 4 nitrogen and oxygen atoms in total. The van der Waals surface area contributed by atoms with Gasteiger partial charge in [-0.15, -0.1) is 0 Å². The maximum atomic E-state index is 13.0. The molecule has 4 heteroatoms. The van der Waals surface area contributed by atoms with Gasteiger partial charge >= 0.3 is 0 Å². The number of hydrogen-bond donors (Lipinski definition) is 1. The van der Waals surface area contributed by atoms with E-state index in [1.54, 1.807) is 4.90 Å². The van der Waals surface area contributed by atoms with E-state index in [4.69, 9.17) is 0 Å². The zero-order valence-electron chi connectivity index (χ0n) is 15.9. The van der Waals surface area contributed by atoms with Crippen molar-refractivity contribution in [2.75, 3.05) is 18.0 Å². The molecule has 0 aromatic heterocycles. The highest BCUT2D eigenvalue weighted by molar-refractivity contribution is 5.98. The number of likely N-dealkylation sites (N-methyl/N-ethyl adjacent to an activating group) is 1. The fourth-order valence-corrected chi connectivity index (χ4v) is 3.26. The van der Waals surface area contributed by atoms with Crippen LogP contribution in [-0.4, -0.2) is 24.9 Å². The van der Waals surface area contributed by atoms with Crippen LogP contribution >= 0.6 is 0 Å². The average Bonchev–Trinajstić information content (AvgIpc) is 2.75. The summed E-state index contributed by atoms with van der Waals surface area (Å²) in [5.74, 6) is -0.779. The molecule has 0 atom stereocenters. The Morgan fingerprint density at radius 3 is 1.71 bits per heavy atom. The number of anilines is 1. The molecule has 0 heterocycles. The predicted molar refractivity (Wildman–Crippen MR) is 112 cm³/mol. The van der Waals surface area contributed by atoms with E-state index >= 15 is 0 Å². The summed E-state index contributed by atoms with van der Waals surface area (Å²) in [4.78, 5) is 27.4. The number of benzene rings is 3. The standard InChI is InChI=1S/C24H24N2O2/c1-2-26(21-16-10-5-11-17-21)22(27)18-25-24(28)23(19-12-6-3-7-13-19)20-14-8-4-9-15-20/h3-17,23H,2,18H2,1H3,(H,25,28). The van der Waals surface area contributed by atoms with Crippen molar-refractivity contribution in [1.29, 1.82) is 0 Å². The van der Waals surface area contributed by atoms with E-state index in [-0.39, 0.29) is 18.4 Å². The summed E-state index contributed by atoms with van der Waals surface area (Å²) < 4.78 is 0. The van der Waals surface area contributed by atoms with Crippen molar-refractivity contribution in [1.82, 2.24) is 5.32 Å².